The van der Waals surface area contributed by atoms with Gasteiger partial charge in [-0.05, 0) is 43.7 Å². The lowest BCUT2D eigenvalue weighted by molar-refractivity contribution is 0.0695. The van der Waals surface area contributed by atoms with Crippen molar-refractivity contribution in [1.29, 1.82) is 0 Å². The van der Waals surface area contributed by atoms with E-state index in [0.717, 1.165) is 5.56 Å². The van der Waals surface area contributed by atoms with Crippen molar-refractivity contribution < 1.29 is 14.7 Å². The average molecular weight is 305 g/mol. The molecule has 1 aromatic carbocycles. The molecule has 0 radical (unpaired) electrons. The summed E-state index contributed by atoms with van der Waals surface area (Å²) in [6.07, 6.45) is 0. The van der Waals surface area contributed by atoms with Crippen molar-refractivity contribution in [2.24, 2.45) is 0 Å². The van der Waals surface area contributed by atoms with Gasteiger partial charge in [0.05, 0.1) is 11.3 Å². The molecule has 0 fully saturated rings. The summed E-state index contributed by atoms with van der Waals surface area (Å²) in [7, 11) is 0. The van der Waals surface area contributed by atoms with Gasteiger partial charge in [-0.3, -0.25) is 4.79 Å². The molecule has 2 aromatic rings. The number of hydrogen-bond donors (Lipinski definition) is 2. The van der Waals surface area contributed by atoms with Gasteiger partial charge in [0.2, 0.25) is 0 Å². The summed E-state index contributed by atoms with van der Waals surface area (Å²) >= 11 is 5.99. The highest BCUT2D eigenvalue weighted by molar-refractivity contribution is 6.31. The smallest absolute Gasteiger partial charge is 0.337 e. The van der Waals surface area contributed by atoms with E-state index in [1.165, 1.54) is 12.1 Å². The molecular weight excluding hydrogens is 292 g/mol. The third kappa shape index (κ3) is 3.20. The zero-order valence-corrected chi connectivity index (χ0v) is 12.2. The molecule has 0 saturated heterocycles. The van der Waals surface area contributed by atoms with Gasteiger partial charge in [-0.2, -0.15) is 0 Å². The maximum absolute atomic E-state index is 12.1. The topological polar surface area (TPSA) is 79.3 Å². The van der Waals surface area contributed by atoms with Crippen molar-refractivity contribution in [3.05, 3.63) is 57.9 Å². The highest BCUT2D eigenvalue weighted by atomic mass is 35.5. The van der Waals surface area contributed by atoms with E-state index in [1.54, 1.807) is 32.0 Å². The second-order valence-corrected chi connectivity index (χ2v) is 4.91. The summed E-state index contributed by atoms with van der Waals surface area (Å²) in [4.78, 5) is 27.1. The molecule has 1 amide bonds. The van der Waals surface area contributed by atoms with Crippen LogP contribution in [0.3, 0.4) is 0 Å². The van der Waals surface area contributed by atoms with Crippen molar-refractivity contribution >= 4 is 29.2 Å². The lowest BCUT2D eigenvalue weighted by Gasteiger charge is -2.10. The predicted molar refractivity (Wildman–Crippen MR) is 80.1 cm³/mol. The number of carboxylic acid groups (broad SMARTS) is 1. The number of amides is 1. The van der Waals surface area contributed by atoms with Gasteiger partial charge in [0.15, 0.2) is 0 Å². The number of halogens is 1. The van der Waals surface area contributed by atoms with Crippen LogP contribution in [-0.2, 0) is 0 Å². The number of carbonyl (C=O) groups excluding carboxylic acids is 1. The van der Waals surface area contributed by atoms with E-state index < -0.39 is 11.9 Å². The molecular formula is C15H13ClN2O3. The van der Waals surface area contributed by atoms with E-state index >= 15 is 0 Å². The van der Waals surface area contributed by atoms with Crippen molar-refractivity contribution in [3.8, 4) is 0 Å². The van der Waals surface area contributed by atoms with Crippen molar-refractivity contribution in [3.63, 3.8) is 0 Å². The number of pyridine rings is 1. The van der Waals surface area contributed by atoms with Gasteiger partial charge in [0.25, 0.3) is 5.91 Å². The number of benzene rings is 1. The maximum Gasteiger partial charge on any atom is 0.337 e. The first-order valence-corrected chi connectivity index (χ1v) is 6.55. The van der Waals surface area contributed by atoms with Gasteiger partial charge in [0.1, 0.15) is 5.69 Å². The second kappa shape index (κ2) is 5.93. The Labute approximate surface area is 126 Å². The van der Waals surface area contributed by atoms with Crippen LogP contribution in [0.1, 0.15) is 32.1 Å². The Kier molecular flexibility index (Phi) is 4.23. The summed E-state index contributed by atoms with van der Waals surface area (Å²) in [5, 5.41) is 12.2. The van der Waals surface area contributed by atoms with Crippen LogP contribution in [0.5, 0.6) is 0 Å². The Balaban J connectivity index is 2.27. The quantitative estimate of drug-likeness (QED) is 0.912. The zero-order chi connectivity index (χ0) is 15.6. The third-order valence-electron chi connectivity index (χ3n) is 3.06. The predicted octanol–water partition coefficient (Wildman–Crippen LogP) is 3.30. The minimum Gasteiger partial charge on any atom is -0.478 e. The molecule has 6 heteroatoms. The maximum atomic E-state index is 12.1. The number of carboxylic acids is 1. The molecule has 21 heavy (non-hydrogen) atoms. The Morgan fingerprint density at radius 2 is 1.90 bits per heavy atom. The SMILES string of the molecule is Cc1nc(C(=O)Nc2cccc(Cl)c2C)ccc1C(=O)O. The van der Waals surface area contributed by atoms with Crippen LogP contribution in [0.4, 0.5) is 5.69 Å². The number of aryl methyl sites for hydroxylation is 1. The van der Waals surface area contributed by atoms with Gasteiger partial charge in [-0.25, -0.2) is 9.78 Å². The summed E-state index contributed by atoms with van der Waals surface area (Å²) in [5.41, 5.74) is 1.86. The van der Waals surface area contributed by atoms with Crippen LogP contribution in [0, 0.1) is 13.8 Å². The number of hydrogen-bond acceptors (Lipinski definition) is 3. The van der Waals surface area contributed by atoms with E-state index in [2.05, 4.69) is 10.3 Å². The van der Waals surface area contributed by atoms with Gasteiger partial charge < -0.3 is 10.4 Å². The summed E-state index contributed by atoms with van der Waals surface area (Å²) in [6, 6.07) is 7.95. The fourth-order valence-corrected chi connectivity index (χ4v) is 2.02. The van der Waals surface area contributed by atoms with Crippen LogP contribution < -0.4 is 5.32 Å². The molecule has 0 aliphatic carbocycles. The number of rotatable bonds is 3. The molecule has 0 saturated carbocycles. The number of aromatic carboxylic acids is 1. The van der Waals surface area contributed by atoms with Gasteiger partial charge in [-0.1, -0.05) is 17.7 Å². The van der Waals surface area contributed by atoms with E-state index in [-0.39, 0.29) is 17.0 Å². The monoisotopic (exact) mass is 304 g/mol. The van der Waals surface area contributed by atoms with E-state index in [1.807, 2.05) is 0 Å². The molecule has 0 aliphatic rings. The zero-order valence-electron chi connectivity index (χ0n) is 11.5. The molecule has 0 unspecified atom stereocenters. The number of carbonyl (C=O) groups is 2. The Bertz CT molecular complexity index is 729. The third-order valence-corrected chi connectivity index (χ3v) is 3.47. The second-order valence-electron chi connectivity index (χ2n) is 4.50. The minimum atomic E-state index is -1.07. The van der Waals surface area contributed by atoms with Gasteiger partial charge in [-0.15, -0.1) is 0 Å². The summed E-state index contributed by atoms with van der Waals surface area (Å²) in [5.74, 6) is -1.49. The molecule has 0 spiro atoms. The van der Waals surface area contributed by atoms with E-state index in [0.29, 0.717) is 10.7 Å². The first-order chi connectivity index (χ1) is 9.90. The molecule has 0 atom stereocenters. The fourth-order valence-electron chi connectivity index (χ4n) is 1.84. The van der Waals surface area contributed by atoms with Crippen molar-refractivity contribution in [1.82, 2.24) is 4.98 Å². The van der Waals surface area contributed by atoms with Gasteiger partial charge >= 0.3 is 5.97 Å². The first kappa shape index (κ1) is 15.0. The largest absolute Gasteiger partial charge is 0.478 e. The van der Waals surface area contributed by atoms with E-state index in [4.69, 9.17) is 16.7 Å². The summed E-state index contributed by atoms with van der Waals surface area (Å²) in [6.45, 7) is 3.34. The van der Waals surface area contributed by atoms with Crippen molar-refractivity contribution in [2.75, 3.05) is 5.32 Å². The average Bonchev–Trinajstić information content (AvgIpc) is 2.43. The lowest BCUT2D eigenvalue weighted by Crippen LogP contribution is -2.16. The normalized spacial score (nSPS) is 10.2. The molecule has 2 N–H and O–H groups in total. The molecule has 108 valence electrons. The van der Waals surface area contributed by atoms with Crippen molar-refractivity contribution in [2.45, 2.75) is 13.8 Å². The number of nitrogens with zero attached hydrogens (tertiary/aromatic N) is 1. The van der Waals surface area contributed by atoms with Crippen LogP contribution in [0.15, 0.2) is 30.3 Å². The Morgan fingerprint density at radius 3 is 2.52 bits per heavy atom. The number of anilines is 1. The number of nitrogens with one attached hydrogen (secondary N) is 1. The minimum absolute atomic E-state index is 0.0745. The molecule has 2 rings (SSSR count). The van der Waals surface area contributed by atoms with Crippen LogP contribution in [0.2, 0.25) is 5.02 Å². The first-order valence-electron chi connectivity index (χ1n) is 6.17. The van der Waals surface area contributed by atoms with Crippen LogP contribution in [0.25, 0.3) is 0 Å². The van der Waals surface area contributed by atoms with E-state index in [9.17, 15) is 9.59 Å². The standard InChI is InChI=1S/C15H13ClN2O3/c1-8-11(16)4-3-5-12(8)18-14(19)13-7-6-10(15(20)21)9(2)17-13/h3-7H,1-2H3,(H,18,19)(H,20,21). The molecule has 0 bridgehead atoms. The van der Waals surface area contributed by atoms with Crippen LogP contribution >= 0.6 is 11.6 Å². The molecule has 5 nitrogen and oxygen atoms in total. The Hall–Kier alpha value is -2.40. The highest BCUT2D eigenvalue weighted by Crippen LogP contribution is 2.23. The molecule has 0 aliphatic heterocycles. The lowest BCUT2D eigenvalue weighted by atomic mass is 10.1. The van der Waals surface area contributed by atoms with Gasteiger partial charge in [0, 0.05) is 10.7 Å². The molecule has 1 aromatic heterocycles. The number of aromatic nitrogens is 1. The Morgan fingerprint density at radius 1 is 1.19 bits per heavy atom. The van der Waals surface area contributed by atoms with Crippen LogP contribution in [-0.4, -0.2) is 22.0 Å². The summed E-state index contributed by atoms with van der Waals surface area (Å²) < 4.78 is 0. The highest BCUT2D eigenvalue weighted by Gasteiger charge is 2.14. The molecule has 1 heterocycles. The fraction of sp³-hybridized carbons (Fsp3) is 0.133.